The Balaban J connectivity index is 1.42. The number of nitrogens with one attached hydrogen (secondary N) is 1. The van der Waals surface area contributed by atoms with E-state index in [9.17, 15) is 4.21 Å². The first-order valence-corrected chi connectivity index (χ1v) is 13.8. The number of anilines is 2. The van der Waals surface area contributed by atoms with E-state index in [0.29, 0.717) is 21.9 Å². The Labute approximate surface area is 212 Å². The fourth-order valence-corrected chi connectivity index (χ4v) is 6.81. The van der Waals surface area contributed by atoms with E-state index >= 15 is 0 Å². The van der Waals surface area contributed by atoms with Crippen LogP contribution in [0.25, 0.3) is 0 Å². The van der Waals surface area contributed by atoms with Crippen molar-refractivity contribution in [1.82, 2.24) is 19.7 Å². The normalized spacial score (nSPS) is 21.5. The molecule has 4 rings (SSSR count). The van der Waals surface area contributed by atoms with Gasteiger partial charge in [-0.1, -0.05) is 41.4 Å². The van der Waals surface area contributed by atoms with Crippen LogP contribution in [0.1, 0.15) is 52.9 Å². The summed E-state index contributed by atoms with van der Waals surface area (Å²) in [6.07, 6.45) is 8.89. The maximum absolute atomic E-state index is 12.7. The summed E-state index contributed by atoms with van der Waals surface area (Å²) in [5, 5.41) is 1.21. The summed E-state index contributed by atoms with van der Waals surface area (Å²) in [7, 11) is -1.05. The third-order valence-corrected chi connectivity index (χ3v) is 10.1. The molecule has 0 aromatic carbocycles. The lowest BCUT2D eigenvalue weighted by Gasteiger charge is -2.44. The van der Waals surface area contributed by atoms with Crippen LogP contribution < -0.4 is 15.4 Å². The van der Waals surface area contributed by atoms with Gasteiger partial charge < -0.3 is 10.6 Å². The first kappa shape index (κ1) is 25.0. The Morgan fingerprint density at radius 1 is 1.24 bits per heavy atom. The van der Waals surface area contributed by atoms with Crippen molar-refractivity contribution in [3.63, 3.8) is 0 Å². The number of nitrogen functional groups attached to an aromatic ring is 1. The number of halogens is 2. The molecule has 1 saturated carbocycles. The van der Waals surface area contributed by atoms with E-state index in [0.717, 1.165) is 43.1 Å². The average molecular weight is 530 g/mol. The van der Waals surface area contributed by atoms with Crippen LogP contribution in [-0.2, 0) is 11.0 Å². The zero-order valence-electron chi connectivity index (χ0n) is 19.1. The zero-order chi connectivity index (χ0) is 23.8. The molecule has 3 heterocycles. The maximum Gasteiger partial charge on any atom is 0.158 e. The van der Waals surface area contributed by atoms with Gasteiger partial charge in [0, 0.05) is 30.2 Å². The molecule has 2 aliphatic rings. The molecule has 2 aromatic rings. The van der Waals surface area contributed by atoms with E-state index < -0.39 is 11.0 Å². The predicted molar refractivity (Wildman–Crippen MR) is 137 cm³/mol. The summed E-state index contributed by atoms with van der Waals surface area (Å²) in [5.41, 5.74) is 6.44. The number of piperidine rings is 1. The van der Waals surface area contributed by atoms with Gasteiger partial charge in [-0.25, -0.2) is 23.9 Å². The molecular weight excluding hydrogens is 499 g/mol. The van der Waals surface area contributed by atoms with Gasteiger partial charge in [-0.15, -0.1) is 0 Å². The Kier molecular flexibility index (Phi) is 7.46. The quantitative estimate of drug-likeness (QED) is 0.520. The Morgan fingerprint density at radius 3 is 2.64 bits per heavy atom. The first-order chi connectivity index (χ1) is 15.6. The maximum atomic E-state index is 12.7. The monoisotopic (exact) mass is 528 g/mol. The van der Waals surface area contributed by atoms with Gasteiger partial charge in [-0.3, -0.25) is 0 Å². The molecule has 1 saturated heterocycles. The molecule has 0 amide bonds. The highest BCUT2D eigenvalue weighted by molar-refractivity contribution is 7.99. The molecule has 1 aliphatic heterocycles. The number of aromatic nitrogens is 3. The molecule has 2 fully saturated rings. The van der Waals surface area contributed by atoms with Crippen molar-refractivity contribution in [2.45, 2.75) is 73.6 Å². The van der Waals surface area contributed by atoms with Gasteiger partial charge in [0.25, 0.3) is 0 Å². The van der Waals surface area contributed by atoms with Crippen LogP contribution in [0.4, 0.5) is 11.6 Å². The van der Waals surface area contributed by atoms with E-state index in [2.05, 4.69) is 24.6 Å². The summed E-state index contributed by atoms with van der Waals surface area (Å²) in [6, 6.07) is 2.07. The molecule has 0 radical (unpaired) electrons. The molecule has 1 aliphatic carbocycles. The summed E-state index contributed by atoms with van der Waals surface area (Å²) < 4.78 is 15.9. The molecule has 33 heavy (non-hydrogen) atoms. The lowest BCUT2D eigenvalue weighted by molar-refractivity contribution is 0.188. The van der Waals surface area contributed by atoms with Gasteiger partial charge in [-0.2, -0.15) is 0 Å². The van der Waals surface area contributed by atoms with E-state index in [1.807, 2.05) is 20.8 Å². The minimum absolute atomic E-state index is 0.198. The minimum Gasteiger partial charge on any atom is -0.381 e. The van der Waals surface area contributed by atoms with Gasteiger partial charge in [0.1, 0.15) is 16.0 Å². The number of pyridine rings is 1. The van der Waals surface area contributed by atoms with Crippen molar-refractivity contribution in [2.24, 2.45) is 5.41 Å². The SMILES string of the molecule is CC(C)(C)S(=O)N[C@@H]1CCCC12CCN(c1cnc(Sc3ccnc(Cl)c3Cl)c(N)n1)CC2. The molecule has 2 aromatic heterocycles. The summed E-state index contributed by atoms with van der Waals surface area (Å²) in [5.74, 6) is 1.15. The highest BCUT2D eigenvalue weighted by Gasteiger charge is 2.46. The van der Waals surface area contributed by atoms with Crippen LogP contribution in [0, 0.1) is 5.41 Å². The van der Waals surface area contributed by atoms with Gasteiger partial charge in [0.15, 0.2) is 5.82 Å². The van der Waals surface area contributed by atoms with Crippen molar-refractivity contribution in [3.05, 3.63) is 28.6 Å². The zero-order valence-corrected chi connectivity index (χ0v) is 22.3. The van der Waals surface area contributed by atoms with Crippen LogP contribution in [0.15, 0.2) is 28.4 Å². The molecule has 3 N–H and O–H groups in total. The molecule has 7 nitrogen and oxygen atoms in total. The Bertz CT molecular complexity index is 1040. The standard InChI is InChI=1S/C22H30Cl2N6OS2/c1-21(2,3)33(31)29-15-5-4-7-22(15)8-11-30(12-9-22)16-13-27-20(19(25)28-16)32-14-6-10-26-18(24)17(14)23/h6,10,13,15,29H,4-5,7-9,11-12H2,1-3H3,(H2,25,28)/t15-,33?/m1/s1. The fourth-order valence-electron chi connectivity index (χ4n) is 4.61. The number of nitrogens with zero attached hydrogens (tertiary/aromatic N) is 4. The van der Waals surface area contributed by atoms with E-state index in [1.165, 1.54) is 24.6 Å². The van der Waals surface area contributed by atoms with Crippen LogP contribution >= 0.6 is 35.0 Å². The smallest absolute Gasteiger partial charge is 0.158 e. The molecular formula is C22H30Cl2N6OS2. The molecule has 2 atom stereocenters. The van der Waals surface area contributed by atoms with E-state index in [4.69, 9.17) is 28.9 Å². The van der Waals surface area contributed by atoms with Gasteiger partial charge >= 0.3 is 0 Å². The minimum atomic E-state index is -1.05. The molecule has 1 unspecified atom stereocenters. The second kappa shape index (κ2) is 9.85. The van der Waals surface area contributed by atoms with Crippen molar-refractivity contribution in [2.75, 3.05) is 23.7 Å². The average Bonchev–Trinajstić information content (AvgIpc) is 3.14. The summed E-state index contributed by atoms with van der Waals surface area (Å²) >= 11 is 13.6. The van der Waals surface area contributed by atoms with Gasteiger partial charge in [0.05, 0.1) is 27.0 Å². The molecule has 1 spiro atoms. The fraction of sp³-hybridized carbons (Fsp3) is 0.591. The predicted octanol–water partition coefficient (Wildman–Crippen LogP) is 5.10. The second-order valence-electron chi connectivity index (χ2n) is 9.73. The third kappa shape index (κ3) is 5.42. The largest absolute Gasteiger partial charge is 0.381 e. The highest BCUT2D eigenvalue weighted by Crippen LogP contribution is 2.47. The second-order valence-corrected chi connectivity index (χ2v) is 13.5. The molecule has 180 valence electrons. The van der Waals surface area contributed by atoms with Crippen molar-refractivity contribution in [3.8, 4) is 0 Å². The number of rotatable bonds is 5. The molecule has 0 bridgehead atoms. The van der Waals surface area contributed by atoms with Crippen LogP contribution in [0.3, 0.4) is 0 Å². The number of hydrogen-bond acceptors (Lipinski definition) is 7. The van der Waals surface area contributed by atoms with Crippen molar-refractivity contribution >= 4 is 57.6 Å². The highest BCUT2D eigenvalue weighted by atomic mass is 35.5. The Morgan fingerprint density at radius 2 is 1.97 bits per heavy atom. The van der Waals surface area contributed by atoms with Crippen LogP contribution in [0.5, 0.6) is 0 Å². The van der Waals surface area contributed by atoms with Crippen LogP contribution in [-0.4, -0.2) is 43.0 Å². The summed E-state index contributed by atoms with van der Waals surface area (Å²) in [4.78, 5) is 16.1. The Hall–Kier alpha value is -1.13. The first-order valence-electron chi connectivity index (χ1n) is 11.1. The molecule has 11 heteroatoms. The van der Waals surface area contributed by atoms with Gasteiger partial charge in [0.2, 0.25) is 0 Å². The number of nitrogens with two attached hydrogens (primary N) is 1. The van der Waals surface area contributed by atoms with Gasteiger partial charge in [-0.05, 0) is 57.9 Å². The van der Waals surface area contributed by atoms with E-state index in [-0.39, 0.29) is 15.3 Å². The topological polar surface area (TPSA) is 97.0 Å². The number of hydrogen-bond donors (Lipinski definition) is 2. The third-order valence-electron chi connectivity index (χ3n) is 6.56. The van der Waals surface area contributed by atoms with Crippen molar-refractivity contribution < 1.29 is 4.21 Å². The van der Waals surface area contributed by atoms with Crippen molar-refractivity contribution in [1.29, 1.82) is 0 Å². The lowest BCUT2D eigenvalue weighted by Crippen LogP contribution is -2.51. The van der Waals surface area contributed by atoms with E-state index in [1.54, 1.807) is 18.5 Å². The van der Waals surface area contributed by atoms with Crippen LogP contribution in [0.2, 0.25) is 10.2 Å². The lowest BCUT2D eigenvalue weighted by atomic mass is 9.74. The summed E-state index contributed by atoms with van der Waals surface area (Å²) in [6.45, 7) is 7.81.